The van der Waals surface area contributed by atoms with Crippen LogP contribution in [-0.2, 0) is 16.6 Å². The molecule has 0 bridgehead atoms. The van der Waals surface area contributed by atoms with Gasteiger partial charge in [0.25, 0.3) is 0 Å². The first kappa shape index (κ1) is 18.6. The van der Waals surface area contributed by atoms with Gasteiger partial charge in [-0.1, -0.05) is 6.92 Å². The van der Waals surface area contributed by atoms with E-state index in [2.05, 4.69) is 28.8 Å². The molecule has 1 aromatic heterocycles. The highest BCUT2D eigenvalue weighted by Gasteiger charge is 2.15. The van der Waals surface area contributed by atoms with Crippen LogP contribution >= 0.6 is 11.3 Å². The maximum absolute atomic E-state index is 12.2. The van der Waals surface area contributed by atoms with E-state index < -0.39 is 10.0 Å². The Kier molecular flexibility index (Phi) is 7.83. The van der Waals surface area contributed by atoms with Gasteiger partial charge < -0.3 is 10.2 Å². The Hall–Kier alpha value is -0.470. The van der Waals surface area contributed by atoms with Crippen LogP contribution < -0.4 is 10.0 Å². The number of hydrogen-bond donors (Lipinski definition) is 2. The Morgan fingerprint density at radius 1 is 1.38 bits per heavy atom. The molecule has 21 heavy (non-hydrogen) atoms. The van der Waals surface area contributed by atoms with Gasteiger partial charge in [-0.2, -0.15) is 0 Å². The molecule has 1 rings (SSSR count). The van der Waals surface area contributed by atoms with Crippen LogP contribution in [-0.4, -0.2) is 46.0 Å². The fourth-order valence-corrected chi connectivity index (χ4v) is 4.04. The lowest BCUT2D eigenvalue weighted by Gasteiger charge is -2.20. The second-order valence-electron chi connectivity index (χ2n) is 5.35. The van der Waals surface area contributed by atoms with Crippen molar-refractivity contribution in [1.29, 1.82) is 0 Å². The zero-order chi connectivity index (χ0) is 15.9. The summed E-state index contributed by atoms with van der Waals surface area (Å²) in [6.45, 7) is 9.23. The topological polar surface area (TPSA) is 61.4 Å². The number of hydrogen-bond acceptors (Lipinski definition) is 5. The van der Waals surface area contributed by atoms with E-state index in [9.17, 15) is 8.42 Å². The van der Waals surface area contributed by atoms with Crippen LogP contribution in [0.5, 0.6) is 0 Å². The summed E-state index contributed by atoms with van der Waals surface area (Å²) in [5.74, 6) is 0. The summed E-state index contributed by atoms with van der Waals surface area (Å²) >= 11 is 1.47. The molecule has 1 aromatic rings. The van der Waals surface area contributed by atoms with Gasteiger partial charge in [-0.25, -0.2) is 13.1 Å². The quantitative estimate of drug-likeness (QED) is 0.642. The smallest absolute Gasteiger partial charge is 0.241 e. The van der Waals surface area contributed by atoms with Crippen molar-refractivity contribution in [3.8, 4) is 0 Å². The van der Waals surface area contributed by atoms with Gasteiger partial charge in [-0.05, 0) is 46.5 Å². The lowest BCUT2D eigenvalue weighted by atomic mass is 10.3. The van der Waals surface area contributed by atoms with Crippen LogP contribution in [0.4, 0.5) is 0 Å². The molecule has 0 radical (unpaired) electrons. The van der Waals surface area contributed by atoms with Crippen LogP contribution in [0, 0.1) is 0 Å². The monoisotopic (exact) mass is 333 g/mol. The van der Waals surface area contributed by atoms with E-state index >= 15 is 0 Å². The maximum Gasteiger partial charge on any atom is 0.241 e. The Labute approximate surface area is 132 Å². The summed E-state index contributed by atoms with van der Waals surface area (Å²) < 4.78 is 27.0. The number of nitrogens with zero attached hydrogens (tertiary/aromatic N) is 1. The predicted molar refractivity (Wildman–Crippen MR) is 89.3 cm³/mol. The van der Waals surface area contributed by atoms with Crippen LogP contribution in [0.1, 0.15) is 32.1 Å². The SMILES string of the molecule is CCNCc1cc(S(=O)(=O)NCCCN(C)C(C)C)cs1. The zero-order valence-corrected chi connectivity index (χ0v) is 15.0. The van der Waals surface area contributed by atoms with Crippen molar-refractivity contribution in [1.82, 2.24) is 14.9 Å². The average Bonchev–Trinajstić information content (AvgIpc) is 2.90. The molecule has 0 fully saturated rings. The molecule has 0 saturated heterocycles. The first-order valence-electron chi connectivity index (χ1n) is 7.35. The molecule has 0 aliphatic rings. The lowest BCUT2D eigenvalue weighted by Crippen LogP contribution is -2.31. The number of sulfonamides is 1. The summed E-state index contributed by atoms with van der Waals surface area (Å²) in [7, 11) is -1.32. The molecule has 7 heteroatoms. The van der Waals surface area contributed by atoms with Crippen LogP contribution in [0.3, 0.4) is 0 Å². The molecule has 0 saturated carbocycles. The highest BCUT2D eigenvalue weighted by Crippen LogP contribution is 2.19. The minimum atomic E-state index is -3.37. The second-order valence-corrected chi connectivity index (χ2v) is 8.12. The van der Waals surface area contributed by atoms with Crippen molar-refractivity contribution < 1.29 is 8.42 Å². The van der Waals surface area contributed by atoms with Gasteiger partial charge in [0.1, 0.15) is 0 Å². The van der Waals surface area contributed by atoms with E-state index in [1.165, 1.54) is 11.3 Å². The molecular weight excluding hydrogens is 306 g/mol. The predicted octanol–water partition coefficient (Wildman–Crippen LogP) is 1.87. The molecule has 0 aromatic carbocycles. The molecule has 0 amide bonds. The summed E-state index contributed by atoms with van der Waals surface area (Å²) in [6, 6.07) is 2.22. The van der Waals surface area contributed by atoms with E-state index in [4.69, 9.17) is 0 Å². The van der Waals surface area contributed by atoms with Gasteiger partial charge in [0.05, 0.1) is 4.90 Å². The fourth-order valence-electron chi connectivity index (χ4n) is 1.72. The Balaban J connectivity index is 2.44. The van der Waals surface area contributed by atoms with Crippen LogP contribution in [0.25, 0.3) is 0 Å². The number of nitrogens with one attached hydrogen (secondary N) is 2. The average molecular weight is 334 g/mol. The minimum Gasteiger partial charge on any atom is -0.312 e. The normalized spacial score (nSPS) is 12.5. The van der Waals surface area contributed by atoms with Crippen LogP contribution in [0.2, 0.25) is 0 Å². The first-order valence-corrected chi connectivity index (χ1v) is 9.71. The van der Waals surface area contributed by atoms with E-state index in [1.54, 1.807) is 11.4 Å². The maximum atomic E-state index is 12.2. The minimum absolute atomic E-state index is 0.373. The molecule has 0 spiro atoms. The van der Waals surface area contributed by atoms with E-state index in [1.807, 2.05) is 14.0 Å². The third-order valence-corrected chi connectivity index (χ3v) is 5.88. The van der Waals surface area contributed by atoms with Gasteiger partial charge in [0.2, 0.25) is 10.0 Å². The van der Waals surface area contributed by atoms with E-state index in [-0.39, 0.29) is 0 Å². The van der Waals surface area contributed by atoms with Crippen molar-refractivity contribution in [3.63, 3.8) is 0 Å². The highest BCUT2D eigenvalue weighted by atomic mass is 32.2. The molecule has 0 aliphatic carbocycles. The fraction of sp³-hybridized carbons (Fsp3) is 0.714. The summed E-state index contributed by atoms with van der Waals surface area (Å²) in [5, 5.41) is 4.90. The Morgan fingerprint density at radius 3 is 2.71 bits per heavy atom. The number of rotatable bonds is 10. The Morgan fingerprint density at radius 2 is 2.10 bits per heavy atom. The summed E-state index contributed by atoms with van der Waals surface area (Å²) in [4.78, 5) is 3.61. The lowest BCUT2D eigenvalue weighted by molar-refractivity contribution is 0.271. The van der Waals surface area contributed by atoms with Crippen molar-refractivity contribution in [2.75, 3.05) is 26.7 Å². The first-order chi connectivity index (χ1) is 9.86. The van der Waals surface area contributed by atoms with E-state index in [0.717, 1.165) is 30.9 Å². The number of thiophene rings is 1. The molecule has 5 nitrogen and oxygen atoms in total. The highest BCUT2D eigenvalue weighted by molar-refractivity contribution is 7.89. The molecule has 0 atom stereocenters. The molecular formula is C14H27N3O2S2. The summed E-state index contributed by atoms with van der Waals surface area (Å²) in [6.07, 6.45) is 0.808. The van der Waals surface area contributed by atoms with Crippen molar-refractivity contribution in [3.05, 3.63) is 16.3 Å². The van der Waals surface area contributed by atoms with Crippen molar-refractivity contribution in [2.24, 2.45) is 0 Å². The second kappa shape index (κ2) is 8.85. The largest absolute Gasteiger partial charge is 0.312 e. The van der Waals surface area contributed by atoms with Gasteiger partial charge >= 0.3 is 0 Å². The Bertz CT molecular complexity index is 512. The van der Waals surface area contributed by atoms with Crippen molar-refractivity contribution >= 4 is 21.4 Å². The molecule has 2 N–H and O–H groups in total. The standard InChI is InChI=1S/C14H27N3O2S2/c1-5-15-10-13-9-14(11-20-13)21(18,19)16-7-6-8-17(4)12(2)3/h9,11-12,15-16H,5-8,10H2,1-4H3. The van der Waals surface area contributed by atoms with Gasteiger partial charge in [-0.15, -0.1) is 11.3 Å². The molecule has 1 heterocycles. The third-order valence-electron chi connectivity index (χ3n) is 3.35. The summed E-state index contributed by atoms with van der Waals surface area (Å²) in [5.41, 5.74) is 0. The van der Waals surface area contributed by atoms with E-state index in [0.29, 0.717) is 17.5 Å². The van der Waals surface area contributed by atoms with Gasteiger partial charge in [-0.3, -0.25) is 0 Å². The molecule has 122 valence electrons. The van der Waals surface area contributed by atoms with Crippen LogP contribution in [0.15, 0.2) is 16.3 Å². The molecule has 0 unspecified atom stereocenters. The zero-order valence-electron chi connectivity index (χ0n) is 13.3. The third kappa shape index (κ3) is 6.44. The van der Waals surface area contributed by atoms with Gasteiger partial charge in [0.15, 0.2) is 0 Å². The van der Waals surface area contributed by atoms with Gasteiger partial charge in [0, 0.05) is 29.4 Å². The van der Waals surface area contributed by atoms with Crippen molar-refractivity contribution in [2.45, 2.75) is 44.7 Å². The molecule has 0 aliphatic heterocycles.